The Labute approximate surface area is 68.4 Å². The maximum Gasteiger partial charge on any atom is 0.220 e. The summed E-state index contributed by atoms with van der Waals surface area (Å²) in [6.07, 6.45) is 5.63. The lowest BCUT2D eigenvalue weighted by molar-refractivity contribution is -0.119. The lowest BCUT2D eigenvalue weighted by Crippen LogP contribution is -2.13. The van der Waals surface area contributed by atoms with E-state index in [9.17, 15) is 4.79 Å². The topological polar surface area (TPSA) is 29.1 Å². The lowest BCUT2D eigenvalue weighted by Gasteiger charge is -2.03. The van der Waals surface area contributed by atoms with E-state index in [0.29, 0.717) is 6.42 Å². The molecule has 1 amide bonds. The molecular formula is C9H16NO. The number of rotatable bonds is 4. The number of carbonyl (C=O) groups excluding carboxylic acids is 1. The van der Waals surface area contributed by atoms with Crippen LogP contribution in [0.1, 0.15) is 39.0 Å². The van der Waals surface area contributed by atoms with Crippen molar-refractivity contribution in [2.75, 3.05) is 6.54 Å². The summed E-state index contributed by atoms with van der Waals surface area (Å²) in [5.74, 6) is 1.60. The van der Waals surface area contributed by atoms with Crippen LogP contribution in [0, 0.1) is 5.92 Å². The Hall–Kier alpha value is -0.530. The molecule has 1 radical (unpaired) electrons. The summed E-state index contributed by atoms with van der Waals surface area (Å²) in [4.78, 5) is 10.8. The Balaban J connectivity index is 2.04. The minimum absolute atomic E-state index is 0.205. The van der Waals surface area contributed by atoms with Gasteiger partial charge >= 0.3 is 0 Å². The molecule has 0 spiro atoms. The van der Waals surface area contributed by atoms with Crippen molar-refractivity contribution >= 4 is 5.91 Å². The zero-order valence-electron chi connectivity index (χ0n) is 7.15. The fourth-order valence-electron chi connectivity index (χ4n) is 1.38. The van der Waals surface area contributed by atoms with Crippen LogP contribution in [0.3, 0.4) is 0 Å². The van der Waals surface area contributed by atoms with Gasteiger partial charge in [0.05, 0.1) is 0 Å². The highest BCUT2D eigenvalue weighted by Crippen LogP contribution is 2.18. The summed E-state index contributed by atoms with van der Waals surface area (Å²) >= 11 is 0. The Morgan fingerprint density at radius 2 is 2.27 bits per heavy atom. The molecule has 1 aliphatic rings. The molecule has 0 aromatic heterocycles. The van der Waals surface area contributed by atoms with Gasteiger partial charge in [-0.3, -0.25) is 4.79 Å². The number of nitrogens with one attached hydrogen (secondary N) is 1. The van der Waals surface area contributed by atoms with Gasteiger partial charge in [0.2, 0.25) is 5.91 Å². The molecule has 0 saturated carbocycles. The molecule has 0 atom stereocenters. The van der Waals surface area contributed by atoms with Crippen molar-refractivity contribution in [1.29, 1.82) is 0 Å². The Morgan fingerprint density at radius 3 is 2.82 bits per heavy atom. The molecule has 0 aromatic rings. The molecule has 1 rings (SSSR count). The maximum absolute atomic E-state index is 10.8. The number of unbranched alkanes of at least 4 members (excludes halogenated alkanes) is 2. The van der Waals surface area contributed by atoms with E-state index in [-0.39, 0.29) is 5.91 Å². The molecule has 0 aliphatic carbocycles. The van der Waals surface area contributed by atoms with Gasteiger partial charge in [0.15, 0.2) is 0 Å². The van der Waals surface area contributed by atoms with Gasteiger partial charge in [0, 0.05) is 18.9 Å². The van der Waals surface area contributed by atoms with Gasteiger partial charge in [-0.05, 0) is 6.42 Å². The summed E-state index contributed by atoms with van der Waals surface area (Å²) in [5.41, 5.74) is 0. The van der Waals surface area contributed by atoms with Crippen LogP contribution < -0.4 is 5.32 Å². The predicted octanol–water partition coefficient (Wildman–Crippen LogP) is 1.66. The van der Waals surface area contributed by atoms with Crippen LogP contribution in [-0.4, -0.2) is 12.5 Å². The number of hydrogen-bond donors (Lipinski definition) is 1. The summed E-state index contributed by atoms with van der Waals surface area (Å²) in [7, 11) is 0. The quantitative estimate of drug-likeness (QED) is 0.613. The minimum Gasteiger partial charge on any atom is -0.355 e. The molecule has 2 nitrogen and oxygen atoms in total. The van der Waals surface area contributed by atoms with Crippen molar-refractivity contribution in [2.24, 2.45) is 0 Å². The molecule has 1 saturated heterocycles. The van der Waals surface area contributed by atoms with E-state index in [0.717, 1.165) is 13.0 Å². The van der Waals surface area contributed by atoms with Gasteiger partial charge in [-0.2, -0.15) is 0 Å². The summed E-state index contributed by atoms with van der Waals surface area (Å²) in [6, 6.07) is 0. The SMILES string of the molecule is CCCCC[C]1CNC(=O)C1. The first-order valence-electron chi connectivity index (χ1n) is 4.43. The third kappa shape index (κ3) is 2.91. The van der Waals surface area contributed by atoms with Crippen LogP contribution in [0.4, 0.5) is 0 Å². The highest BCUT2D eigenvalue weighted by Gasteiger charge is 2.20. The van der Waals surface area contributed by atoms with Crippen LogP contribution in [0.2, 0.25) is 0 Å². The van der Waals surface area contributed by atoms with E-state index < -0.39 is 0 Å². The first-order chi connectivity index (χ1) is 5.33. The molecule has 1 aliphatic heterocycles. The van der Waals surface area contributed by atoms with Crippen molar-refractivity contribution in [3.05, 3.63) is 5.92 Å². The standard InChI is InChI=1S/C9H16NO/c1-2-3-4-5-8-6-9(11)10-7-8/h2-7H2,1H3,(H,10,11). The summed E-state index contributed by atoms with van der Waals surface area (Å²) in [5, 5.41) is 2.82. The van der Waals surface area contributed by atoms with E-state index in [1.807, 2.05) is 0 Å². The van der Waals surface area contributed by atoms with Crippen molar-refractivity contribution < 1.29 is 4.79 Å². The Bertz CT molecular complexity index is 134. The number of hydrogen-bond acceptors (Lipinski definition) is 1. The van der Waals surface area contributed by atoms with E-state index >= 15 is 0 Å². The second-order valence-electron chi connectivity index (χ2n) is 3.16. The summed E-state index contributed by atoms with van der Waals surface area (Å²) < 4.78 is 0. The third-order valence-electron chi connectivity index (χ3n) is 2.08. The van der Waals surface area contributed by atoms with Crippen molar-refractivity contribution in [1.82, 2.24) is 5.32 Å². The monoisotopic (exact) mass is 154 g/mol. The highest BCUT2D eigenvalue weighted by molar-refractivity contribution is 5.80. The van der Waals surface area contributed by atoms with Gasteiger partial charge in [0.25, 0.3) is 0 Å². The van der Waals surface area contributed by atoms with Crippen LogP contribution >= 0.6 is 0 Å². The Kier molecular flexibility index (Phi) is 3.40. The molecule has 11 heavy (non-hydrogen) atoms. The summed E-state index contributed by atoms with van der Waals surface area (Å²) in [6.45, 7) is 3.03. The van der Waals surface area contributed by atoms with Gasteiger partial charge in [-0.15, -0.1) is 0 Å². The molecule has 1 N–H and O–H groups in total. The van der Waals surface area contributed by atoms with Gasteiger partial charge in [0.1, 0.15) is 0 Å². The van der Waals surface area contributed by atoms with E-state index in [1.165, 1.54) is 25.2 Å². The molecular weight excluding hydrogens is 138 g/mol. The van der Waals surface area contributed by atoms with Crippen LogP contribution in [0.15, 0.2) is 0 Å². The van der Waals surface area contributed by atoms with E-state index in [2.05, 4.69) is 12.2 Å². The molecule has 0 unspecified atom stereocenters. The van der Waals surface area contributed by atoms with Gasteiger partial charge in [-0.25, -0.2) is 0 Å². The van der Waals surface area contributed by atoms with Crippen molar-refractivity contribution in [3.63, 3.8) is 0 Å². The first kappa shape index (κ1) is 8.57. The molecule has 1 fully saturated rings. The maximum atomic E-state index is 10.8. The fourth-order valence-corrected chi connectivity index (χ4v) is 1.38. The fraction of sp³-hybridized carbons (Fsp3) is 0.778. The molecule has 1 heterocycles. The average molecular weight is 154 g/mol. The Morgan fingerprint density at radius 1 is 1.45 bits per heavy atom. The number of carbonyl (C=O) groups is 1. The second kappa shape index (κ2) is 4.37. The smallest absolute Gasteiger partial charge is 0.220 e. The van der Waals surface area contributed by atoms with Crippen LogP contribution in [0.5, 0.6) is 0 Å². The number of amides is 1. The van der Waals surface area contributed by atoms with Crippen molar-refractivity contribution in [3.8, 4) is 0 Å². The molecule has 63 valence electrons. The first-order valence-corrected chi connectivity index (χ1v) is 4.43. The predicted molar refractivity (Wildman–Crippen MR) is 45.0 cm³/mol. The van der Waals surface area contributed by atoms with E-state index in [1.54, 1.807) is 0 Å². The van der Waals surface area contributed by atoms with Crippen LogP contribution in [-0.2, 0) is 4.79 Å². The normalized spacial score (nSPS) is 18.8. The largest absolute Gasteiger partial charge is 0.355 e. The van der Waals surface area contributed by atoms with Crippen molar-refractivity contribution in [2.45, 2.75) is 39.0 Å². The molecule has 0 aromatic carbocycles. The second-order valence-corrected chi connectivity index (χ2v) is 3.16. The zero-order valence-corrected chi connectivity index (χ0v) is 7.15. The lowest BCUT2D eigenvalue weighted by atomic mass is 10.0. The highest BCUT2D eigenvalue weighted by atomic mass is 16.1. The van der Waals surface area contributed by atoms with Crippen LogP contribution in [0.25, 0.3) is 0 Å². The molecule has 2 heteroatoms. The third-order valence-corrected chi connectivity index (χ3v) is 2.08. The van der Waals surface area contributed by atoms with Gasteiger partial charge < -0.3 is 5.32 Å². The van der Waals surface area contributed by atoms with Gasteiger partial charge in [-0.1, -0.05) is 26.2 Å². The zero-order chi connectivity index (χ0) is 8.10. The molecule has 0 bridgehead atoms. The average Bonchev–Trinajstić information content (AvgIpc) is 2.37. The van der Waals surface area contributed by atoms with E-state index in [4.69, 9.17) is 0 Å². The minimum atomic E-state index is 0.205.